The SMILES string of the molecule is COc1cc(OC)c2c(-c3ccccc3)c([N+](=O)[O-])[nH]c2c1[N+](=O)[O-]. The molecule has 0 spiro atoms. The number of aromatic amines is 1. The number of rotatable bonds is 5. The summed E-state index contributed by atoms with van der Waals surface area (Å²) in [5, 5.41) is 23.3. The van der Waals surface area contributed by atoms with Crippen LogP contribution in [0, 0.1) is 20.2 Å². The number of H-pyrrole nitrogens is 1. The van der Waals surface area contributed by atoms with Crippen molar-refractivity contribution in [2.24, 2.45) is 0 Å². The Bertz CT molecular complexity index is 981. The summed E-state index contributed by atoms with van der Waals surface area (Å²) in [4.78, 5) is 24.4. The Labute approximate surface area is 141 Å². The molecule has 3 rings (SSSR count). The van der Waals surface area contributed by atoms with Crippen LogP contribution in [-0.2, 0) is 0 Å². The molecule has 25 heavy (non-hydrogen) atoms. The lowest BCUT2D eigenvalue weighted by Gasteiger charge is -2.07. The van der Waals surface area contributed by atoms with E-state index in [1.54, 1.807) is 30.3 Å². The minimum absolute atomic E-state index is 0.0215. The lowest BCUT2D eigenvalue weighted by molar-refractivity contribution is -0.389. The Morgan fingerprint density at radius 3 is 2.12 bits per heavy atom. The molecule has 1 aromatic heterocycles. The van der Waals surface area contributed by atoms with Gasteiger partial charge < -0.3 is 19.6 Å². The predicted octanol–water partition coefficient (Wildman–Crippen LogP) is 3.67. The van der Waals surface area contributed by atoms with Gasteiger partial charge in [-0.25, -0.2) is 4.98 Å². The first-order valence-corrected chi connectivity index (χ1v) is 7.14. The molecule has 1 N–H and O–H groups in total. The maximum Gasteiger partial charge on any atom is 0.357 e. The molecule has 0 saturated heterocycles. The first kappa shape index (κ1) is 16.2. The van der Waals surface area contributed by atoms with E-state index in [0.29, 0.717) is 5.56 Å². The summed E-state index contributed by atoms with van der Waals surface area (Å²) in [5.41, 5.74) is 0.358. The monoisotopic (exact) mass is 343 g/mol. The number of nitro groups is 2. The predicted molar refractivity (Wildman–Crippen MR) is 90.1 cm³/mol. The van der Waals surface area contributed by atoms with Crippen molar-refractivity contribution in [3.63, 3.8) is 0 Å². The van der Waals surface area contributed by atoms with E-state index in [9.17, 15) is 20.2 Å². The normalized spacial score (nSPS) is 10.6. The van der Waals surface area contributed by atoms with Crippen LogP contribution in [0.25, 0.3) is 22.0 Å². The Morgan fingerprint density at radius 1 is 0.960 bits per heavy atom. The lowest BCUT2D eigenvalue weighted by atomic mass is 10.0. The van der Waals surface area contributed by atoms with Crippen molar-refractivity contribution in [2.75, 3.05) is 14.2 Å². The van der Waals surface area contributed by atoms with Crippen molar-refractivity contribution < 1.29 is 19.3 Å². The van der Waals surface area contributed by atoms with Crippen LogP contribution in [0.3, 0.4) is 0 Å². The maximum atomic E-state index is 11.5. The van der Waals surface area contributed by atoms with Crippen LogP contribution in [0.2, 0.25) is 0 Å². The second-order valence-corrected chi connectivity index (χ2v) is 5.11. The van der Waals surface area contributed by atoms with Gasteiger partial charge in [0.15, 0.2) is 0 Å². The standard InChI is InChI=1S/C16H13N3O6/c1-24-10-8-11(25-2)15(18(20)21)14-13(10)12(16(17-14)19(22)23)9-6-4-3-5-7-9/h3-8,17H,1-2H3. The van der Waals surface area contributed by atoms with Gasteiger partial charge >= 0.3 is 11.5 Å². The molecule has 0 aliphatic rings. The number of hydrogen-bond donors (Lipinski definition) is 1. The molecule has 0 atom stereocenters. The highest BCUT2D eigenvalue weighted by Gasteiger charge is 2.33. The van der Waals surface area contributed by atoms with Gasteiger partial charge in [0.25, 0.3) is 0 Å². The first-order chi connectivity index (χ1) is 12.0. The van der Waals surface area contributed by atoms with E-state index in [0.717, 1.165) is 0 Å². The number of nitrogens with zero attached hydrogens (tertiary/aromatic N) is 2. The molecule has 0 saturated carbocycles. The van der Waals surface area contributed by atoms with Crippen LogP contribution in [0.5, 0.6) is 11.5 Å². The van der Waals surface area contributed by atoms with Crippen molar-refractivity contribution in [2.45, 2.75) is 0 Å². The maximum absolute atomic E-state index is 11.5. The molecule has 9 heteroatoms. The molecule has 0 unspecified atom stereocenters. The van der Waals surface area contributed by atoms with Gasteiger partial charge in [0.2, 0.25) is 11.3 Å². The highest BCUT2D eigenvalue weighted by atomic mass is 16.6. The Morgan fingerprint density at radius 2 is 1.60 bits per heavy atom. The third kappa shape index (κ3) is 2.51. The van der Waals surface area contributed by atoms with E-state index in [4.69, 9.17) is 9.47 Å². The number of hydrogen-bond acceptors (Lipinski definition) is 6. The van der Waals surface area contributed by atoms with E-state index in [1.165, 1.54) is 20.3 Å². The molecule has 1 heterocycles. The Hall–Kier alpha value is -3.62. The molecule has 0 aliphatic heterocycles. The average Bonchev–Trinajstić information content (AvgIpc) is 3.01. The van der Waals surface area contributed by atoms with Gasteiger partial charge in [-0.15, -0.1) is 0 Å². The lowest BCUT2D eigenvalue weighted by Crippen LogP contribution is -1.97. The third-order valence-corrected chi connectivity index (χ3v) is 3.83. The van der Waals surface area contributed by atoms with Gasteiger partial charge in [0.1, 0.15) is 5.75 Å². The molecule has 128 valence electrons. The number of nitrogens with one attached hydrogen (secondary N) is 1. The zero-order valence-electron chi connectivity index (χ0n) is 13.3. The van der Waals surface area contributed by atoms with Crippen LogP contribution in [-0.4, -0.2) is 29.1 Å². The fourth-order valence-electron chi connectivity index (χ4n) is 2.81. The topological polar surface area (TPSA) is 121 Å². The quantitative estimate of drug-likeness (QED) is 0.557. The largest absolute Gasteiger partial charge is 0.496 e. The second kappa shape index (κ2) is 6.11. The number of methoxy groups -OCH3 is 2. The Balaban J connectivity index is 2.54. The third-order valence-electron chi connectivity index (χ3n) is 3.83. The number of aromatic nitrogens is 1. The smallest absolute Gasteiger partial charge is 0.357 e. The molecular weight excluding hydrogens is 330 g/mol. The van der Waals surface area contributed by atoms with Crippen molar-refractivity contribution >= 4 is 22.4 Å². The summed E-state index contributed by atoms with van der Waals surface area (Å²) in [7, 11) is 2.66. The van der Waals surface area contributed by atoms with Gasteiger partial charge in [0.05, 0.1) is 30.1 Å². The van der Waals surface area contributed by atoms with E-state index in [-0.39, 0.29) is 39.5 Å². The average molecular weight is 343 g/mol. The first-order valence-electron chi connectivity index (χ1n) is 7.14. The molecule has 3 aromatic rings. The van der Waals surface area contributed by atoms with Crippen LogP contribution in [0.15, 0.2) is 36.4 Å². The molecule has 0 aliphatic carbocycles. The van der Waals surface area contributed by atoms with Crippen LogP contribution in [0.4, 0.5) is 11.5 Å². The number of ether oxygens (including phenoxy) is 2. The van der Waals surface area contributed by atoms with Gasteiger partial charge in [-0.2, -0.15) is 0 Å². The van der Waals surface area contributed by atoms with Crippen LogP contribution in [0.1, 0.15) is 0 Å². The molecular formula is C16H13N3O6. The fraction of sp³-hybridized carbons (Fsp3) is 0.125. The van der Waals surface area contributed by atoms with Gasteiger partial charge in [-0.3, -0.25) is 10.1 Å². The summed E-state index contributed by atoms with van der Waals surface area (Å²) in [5.74, 6) is -0.165. The minimum Gasteiger partial charge on any atom is -0.496 e. The van der Waals surface area contributed by atoms with E-state index >= 15 is 0 Å². The highest BCUT2D eigenvalue weighted by Crippen LogP contribution is 2.48. The summed E-state index contributed by atoms with van der Waals surface area (Å²) in [6.07, 6.45) is 0. The molecule has 9 nitrogen and oxygen atoms in total. The summed E-state index contributed by atoms with van der Waals surface area (Å²) in [6, 6.07) is 9.94. The van der Waals surface area contributed by atoms with Gasteiger partial charge in [0, 0.05) is 6.07 Å². The summed E-state index contributed by atoms with van der Waals surface area (Å²) < 4.78 is 10.4. The van der Waals surface area contributed by atoms with Crippen molar-refractivity contribution in [1.82, 2.24) is 4.98 Å². The number of nitro benzene ring substituents is 1. The molecule has 0 bridgehead atoms. The summed E-state index contributed by atoms with van der Waals surface area (Å²) >= 11 is 0. The van der Waals surface area contributed by atoms with E-state index in [2.05, 4.69) is 4.98 Å². The number of fused-ring (bicyclic) bond motifs is 1. The zero-order valence-corrected chi connectivity index (χ0v) is 13.3. The zero-order chi connectivity index (χ0) is 18.1. The Kier molecular flexibility index (Phi) is 3.97. The van der Waals surface area contributed by atoms with Crippen molar-refractivity contribution in [3.05, 3.63) is 56.6 Å². The highest BCUT2D eigenvalue weighted by molar-refractivity contribution is 6.09. The molecule has 0 fully saturated rings. The second-order valence-electron chi connectivity index (χ2n) is 5.11. The summed E-state index contributed by atoms with van der Waals surface area (Å²) in [6.45, 7) is 0. The van der Waals surface area contributed by atoms with Crippen molar-refractivity contribution in [3.8, 4) is 22.6 Å². The molecule has 2 aromatic carbocycles. The molecule has 0 radical (unpaired) electrons. The van der Waals surface area contributed by atoms with Gasteiger partial charge in [-0.1, -0.05) is 30.3 Å². The van der Waals surface area contributed by atoms with Crippen LogP contribution < -0.4 is 9.47 Å². The fourth-order valence-corrected chi connectivity index (χ4v) is 2.81. The van der Waals surface area contributed by atoms with E-state index < -0.39 is 9.85 Å². The van der Waals surface area contributed by atoms with Crippen LogP contribution >= 0.6 is 0 Å². The van der Waals surface area contributed by atoms with Crippen molar-refractivity contribution in [1.29, 1.82) is 0 Å². The minimum atomic E-state index is -0.643. The number of benzene rings is 2. The molecule has 0 amide bonds. The van der Waals surface area contributed by atoms with Gasteiger partial charge in [-0.05, 0) is 10.5 Å². The van der Waals surface area contributed by atoms with E-state index in [1.807, 2.05) is 0 Å².